The van der Waals surface area contributed by atoms with Gasteiger partial charge in [0.25, 0.3) is 5.91 Å². The lowest BCUT2D eigenvalue weighted by Crippen LogP contribution is -2.45. The summed E-state index contributed by atoms with van der Waals surface area (Å²) in [4.78, 5) is 20.2. The highest BCUT2D eigenvalue weighted by atomic mass is 35.5. The molecule has 1 aromatic carbocycles. The van der Waals surface area contributed by atoms with Crippen molar-refractivity contribution in [2.45, 2.75) is 32.2 Å². The number of pyridine rings is 1. The third kappa shape index (κ3) is 2.89. The van der Waals surface area contributed by atoms with Gasteiger partial charge in [0, 0.05) is 22.8 Å². The third-order valence-electron chi connectivity index (χ3n) is 4.66. The molecule has 0 unspecified atom stereocenters. The first kappa shape index (κ1) is 16.5. The molecule has 0 aliphatic heterocycles. The van der Waals surface area contributed by atoms with E-state index in [-0.39, 0.29) is 5.91 Å². The summed E-state index contributed by atoms with van der Waals surface area (Å²) in [5.74, 6) is -0.0966. The number of H-pyrrole nitrogens is 1. The predicted molar refractivity (Wildman–Crippen MR) is 97.3 cm³/mol. The Kier molecular flexibility index (Phi) is 4.58. The number of amides is 1. The molecule has 0 saturated heterocycles. The van der Waals surface area contributed by atoms with Crippen LogP contribution in [0.5, 0.6) is 0 Å². The Balaban J connectivity index is 1.97. The molecule has 1 amide bonds. The van der Waals surface area contributed by atoms with Gasteiger partial charge >= 0.3 is 0 Å². The lowest BCUT2D eigenvalue weighted by Gasteiger charge is -2.34. The molecule has 3 aromatic rings. The average Bonchev–Trinajstić information content (AvgIpc) is 3.09. The van der Waals surface area contributed by atoms with Gasteiger partial charge in [0.15, 0.2) is 0 Å². The number of hydrogen-bond donors (Lipinski definition) is 2. The van der Waals surface area contributed by atoms with E-state index in [1.807, 2.05) is 30.3 Å². The number of carbonyl (C=O) groups is 1. The summed E-state index contributed by atoms with van der Waals surface area (Å²) in [7, 11) is 0. The normalized spacial score (nSPS) is 11.6. The van der Waals surface area contributed by atoms with Crippen LogP contribution in [0.4, 0.5) is 0 Å². The van der Waals surface area contributed by atoms with E-state index >= 15 is 0 Å². The molecule has 3 rings (SSSR count). The van der Waals surface area contributed by atoms with Gasteiger partial charge < -0.3 is 10.3 Å². The van der Waals surface area contributed by atoms with Gasteiger partial charge in [-0.2, -0.15) is 0 Å². The number of benzene rings is 1. The number of nitrogens with zero attached hydrogens (tertiary/aromatic N) is 1. The van der Waals surface area contributed by atoms with Crippen molar-refractivity contribution in [3.63, 3.8) is 0 Å². The van der Waals surface area contributed by atoms with Crippen molar-refractivity contribution in [2.24, 2.45) is 0 Å². The molecular weight excluding hydrogens is 322 g/mol. The van der Waals surface area contributed by atoms with Crippen LogP contribution in [-0.2, 0) is 5.54 Å². The maximum Gasteiger partial charge on any atom is 0.252 e. The highest BCUT2D eigenvalue weighted by Gasteiger charge is 2.31. The Morgan fingerprint density at radius 2 is 1.88 bits per heavy atom. The van der Waals surface area contributed by atoms with E-state index in [2.05, 4.69) is 29.1 Å². The van der Waals surface area contributed by atoms with E-state index < -0.39 is 5.54 Å². The smallest absolute Gasteiger partial charge is 0.252 e. The molecule has 0 radical (unpaired) electrons. The second-order valence-corrected chi connectivity index (χ2v) is 6.29. The van der Waals surface area contributed by atoms with Gasteiger partial charge in [-0.15, -0.1) is 0 Å². The monoisotopic (exact) mass is 341 g/mol. The zero-order valence-electron chi connectivity index (χ0n) is 13.8. The molecule has 0 bridgehead atoms. The van der Waals surface area contributed by atoms with Crippen LogP contribution in [0.3, 0.4) is 0 Å². The fraction of sp³-hybridized carbons (Fsp3) is 0.263. The molecule has 2 aromatic heterocycles. The first-order valence-corrected chi connectivity index (χ1v) is 8.48. The summed E-state index contributed by atoms with van der Waals surface area (Å²) in [6.45, 7) is 4.16. The minimum atomic E-state index is -0.423. The number of halogens is 1. The molecule has 0 atom stereocenters. The average molecular weight is 342 g/mol. The number of rotatable bonds is 5. The maximum absolute atomic E-state index is 13.0. The van der Waals surface area contributed by atoms with Gasteiger partial charge in [-0.3, -0.25) is 4.79 Å². The summed E-state index contributed by atoms with van der Waals surface area (Å²) in [5, 5.41) is 4.76. The number of carbonyl (C=O) groups excluding carboxylic acids is 1. The molecule has 24 heavy (non-hydrogen) atoms. The number of nitrogens with one attached hydrogen (secondary N) is 2. The van der Waals surface area contributed by atoms with Crippen molar-refractivity contribution in [1.29, 1.82) is 0 Å². The molecule has 0 saturated carbocycles. The summed E-state index contributed by atoms with van der Waals surface area (Å²) in [6.07, 6.45) is 5.02. The third-order valence-corrected chi connectivity index (χ3v) is 4.91. The van der Waals surface area contributed by atoms with Crippen molar-refractivity contribution < 1.29 is 4.79 Å². The van der Waals surface area contributed by atoms with Gasteiger partial charge in [-0.1, -0.05) is 37.6 Å². The second-order valence-electron chi connectivity index (χ2n) is 5.85. The second kappa shape index (κ2) is 6.65. The predicted octanol–water partition coefficient (Wildman–Crippen LogP) is 4.66. The van der Waals surface area contributed by atoms with Gasteiger partial charge in [0.05, 0.1) is 11.1 Å². The summed E-state index contributed by atoms with van der Waals surface area (Å²) in [6, 6.07) is 11.3. The molecule has 124 valence electrons. The SMILES string of the molecule is CCC(CC)(NC(=O)c1ccnc2[nH]ccc12)c1ccc(Cl)cc1. The fourth-order valence-electron chi connectivity index (χ4n) is 3.12. The molecular formula is C19H20ClN3O. The lowest BCUT2D eigenvalue weighted by atomic mass is 9.84. The Hall–Kier alpha value is -2.33. The van der Waals surface area contributed by atoms with Crippen LogP contribution in [0.2, 0.25) is 5.02 Å². The molecule has 5 heteroatoms. The van der Waals surface area contributed by atoms with Crippen molar-refractivity contribution in [1.82, 2.24) is 15.3 Å². The summed E-state index contributed by atoms with van der Waals surface area (Å²) >= 11 is 6.00. The Morgan fingerprint density at radius 1 is 1.17 bits per heavy atom. The lowest BCUT2D eigenvalue weighted by molar-refractivity contribution is 0.0891. The molecule has 2 N–H and O–H groups in total. The van der Waals surface area contributed by atoms with Crippen LogP contribution in [0, 0.1) is 0 Å². The van der Waals surface area contributed by atoms with Gasteiger partial charge in [0.1, 0.15) is 5.65 Å². The minimum Gasteiger partial charge on any atom is -0.346 e. The van der Waals surface area contributed by atoms with Gasteiger partial charge in [-0.25, -0.2) is 4.98 Å². The molecule has 0 fully saturated rings. The highest BCUT2D eigenvalue weighted by Crippen LogP contribution is 2.30. The topological polar surface area (TPSA) is 57.8 Å². The fourth-order valence-corrected chi connectivity index (χ4v) is 3.25. The van der Waals surface area contributed by atoms with Crippen molar-refractivity contribution in [3.05, 3.63) is 64.9 Å². The quantitative estimate of drug-likeness (QED) is 0.709. The minimum absolute atomic E-state index is 0.0966. The van der Waals surface area contributed by atoms with E-state index in [9.17, 15) is 4.79 Å². The van der Waals surface area contributed by atoms with Gasteiger partial charge in [-0.05, 0) is 42.7 Å². The Labute approximate surface area is 146 Å². The van der Waals surface area contributed by atoms with Crippen LogP contribution in [0.25, 0.3) is 11.0 Å². The van der Waals surface area contributed by atoms with E-state index in [1.165, 1.54) is 0 Å². The maximum atomic E-state index is 13.0. The zero-order valence-corrected chi connectivity index (χ0v) is 14.5. The van der Waals surface area contributed by atoms with Gasteiger partial charge in [0.2, 0.25) is 0 Å². The van der Waals surface area contributed by atoms with Crippen LogP contribution in [0.1, 0.15) is 42.6 Å². The highest BCUT2D eigenvalue weighted by molar-refractivity contribution is 6.30. The van der Waals surface area contributed by atoms with Crippen molar-refractivity contribution >= 4 is 28.5 Å². The standard InChI is InChI=1S/C19H20ClN3O/c1-3-19(4-2,13-5-7-14(20)8-6-13)23-18(24)16-10-12-22-17-15(16)9-11-21-17/h5-12H,3-4H2,1-2H3,(H,21,22)(H,23,24). The first-order chi connectivity index (χ1) is 11.6. The first-order valence-electron chi connectivity index (χ1n) is 8.10. The van der Waals surface area contributed by atoms with Crippen LogP contribution in [-0.4, -0.2) is 15.9 Å². The largest absolute Gasteiger partial charge is 0.346 e. The number of hydrogen-bond acceptors (Lipinski definition) is 2. The zero-order chi connectivity index (χ0) is 17.2. The van der Waals surface area contributed by atoms with Crippen molar-refractivity contribution in [2.75, 3.05) is 0 Å². The van der Waals surface area contributed by atoms with E-state index in [0.29, 0.717) is 16.2 Å². The Bertz CT molecular complexity index is 850. The number of aromatic nitrogens is 2. The molecule has 4 nitrogen and oxygen atoms in total. The molecule has 0 spiro atoms. The molecule has 0 aliphatic rings. The van der Waals surface area contributed by atoms with Crippen LogP contribution < -0.4 is 5.32 Å². The van der Waals surface area contributed by atoms with E-state index in [4.69, 9.17) is 11.6 Å². The van der Waals surface area contributed by atoms with Crippen LogP contribution in [0.15, 0.2) is 48.8 Å². The molecule has 0 aliphatic carbocycles. The molecule has 2 heterocycles. The van der Waals surface area contributed by atoms with Crippen LogP contribution >= 0.6 is 11.6 Å². The van der Waals surface area contributed by atoms with E-state index in [1.54, 1.807) is 18.5 Å². The van der Waals surface area contributed by atoms with E-state index in [0.717, 1.165) is 23.8 Å². The number of fused-ring (bicyclic) bond motifs is 1. The number of aromatic amines is 1. The van der Waals surface area contributed by atoms with Crippen molar-refractivity contribution in [3.8, 4) is 0 Å². The summed E-state index contributed by atoms with van der Waals surface area (Å²) < 4.78 is 0. The summed E-state index contributed by atoms with van der Waals surface area (Å²) in [5.41, 5.74) is 1.98. The Morgan fingerprint density at radius 3 is 2.54 bits per heavy atom.